The number of hydrogen-bond donors (Lipinski definition) is 1. The van der Waals surface area contributed by atoms with Gasteiger partial charge in [-0.1, -0.05) is 36.4 Å². The number of carbonyl (C=O) groups is 2. The number of hydrogen-bond acceptors (Lipinski definition) is 4. The lowest BCUT2D eigenvalue weighted by molar-refractivity contribution is -0.132. The van der Waals surface area contributed by atoms with E-state index in [4.69, 9.17) is 10.7 Å². The summed E-state index contributed by atoms with van der Waals surface area (Å²) in [6.07, 6.45) is 7.60. The lowest BCUT2D eigenvalue weighted by Crippen LogP contribution is -2.46. The number of aryl methyl sites for hydroxylation is 1. The molecule has 1 aromatic heterocycles. The van der Waals surface area contributed by atoms with Gasteiger partial charge in [0.1, 0.15) is 11.6 Å². The van der Waals surface area contributed by atoms with Crippen LogP contribution in [0.3, 0.4) is 0 Å². The predicted molar refractivity (Wildman–Crippen MR) is 173 cm³/mol. The highest BCUT2D eigenvalue weighted by Crippen LogP contribution is 2.48. The normalized spacial score (nSPS) is 23.0. The van der Waals surface area contributed by atoms with Gasteiger partial charge in [-0.25, -0.2) is 9.37 Å². The molecule has 8 heteroatoms. The topological polar surface area (TPSA) is 84.5 Å². The summed E-state index contributed by atoms with van der Waals surface area (Å²) in [5.41, 5.74) is 10.0. The van der Waals surface area contributed by atoms with Gasteiger partial charge in [-0.2, -0.15) is 0 Å². The van der Waals surface area contributed by atoms with Crippen molar-refractivity contribution in [3.8, 4) is 0 Å². The van der Waals surface area contributed by atoms with Gasteiger partial charge < -0.3 is 15.2 Å². The second kappa shape index (κ2) is 12.4. The number of carbonyl (C=O) groups excluding carboxylic acids is 2. The summed E-state index contributed by atoms with van der Waals surface area (Å²) in [4.78, 5) is 34.3. The average molecular weight is 608 g/mol. The van der Waals surface area contributed by atoms with Crippen molar-refractivity contribution in [3.63, 3.8) is 0 Å². The van der Waals surface area contributed by atoms with E-state index < -0.39 is 5.91 Å². The van der Waals surface area contributed by atoms with Crippen LogP contribution in [0.2, 0.25) is 0 Å². The van der Waals surface area contributed by atoms with Gasteiger partial charge in [0.15, 0.2) is 0 Å². The Kier molecular flexibility index (Phi) is 8.17. The van der Waals surface area contributed by atoms with Crippen LogP contribution in [0.5, 0.6) is 0 Å². The Morgan fingerprint density at radius 2 is 1.64 bits per heavy atom. The average Bonchev–Trinajstić information content (AvgIpc) is 3.51. The van der Waals surface area contributed by atoms with Crippen LogP contribution in [0.1, 0.15) is 84.3 Å². The molecular weight excluding hydrogens is 565 g/mol. The van der Waals surface area contributed by atoms with Gasteiger partial charge in [0.05, 0.1) is 17.5 Å². The number of aromatic nitrogens is 2. The minimum absolute atomic E-state index is 0.0826. The van der Waals surface area contributed by atoms with Crippen LogP contribution in [0.15, 0.2) is 72.8 Å². The molecule has 234 valence electrons. The number of rotatable bonds is 8. The number of amides is 2. The Hall–Kier alpha value is -4.04. The zero-order chi connectivity index (χ0) is 31.1. The van der Waals surface area contributed by atoms with Crippen LogP contribution in [0, 0.1) is 18.7 Å². The lowest BCUT2D eigenvalue weighted by Gasteiger charge is -2.46. The van der Waals surface area contributed by atoms with E-state index in [0.29, 0.717) is 29.6 Å². The van der Waals surface area contributed by atoms with E-state index in [-0.39, 0.29) is 24.2 Å². The second-order valence-electron chi connectivity index (χ2n) is 13.3. The molecule has 3 aromatic carbocycles. The van der Waals surface area contributed by atoms with Crippen molar-refractivity contribution in [2.75, 3.05) is 13.1 Å². The van der Waals surface area contributed by atoms with Crippen molar-refractivity contribution >= 4 is 22.8 Å². The summed E-state index contributed by atoms with van der Waals surface area (Å²) >= 11 is 0. The van der Waals surface area contributed by atoms with Crippen LogP contribution < -0.4 is 5.73 Å². The van der Waals surface area contributed by atoms with E-state index in [1.807, 2.05) is 17.0 Å². The van der Waals surface area contributed by atoms with Gasteiger partial charge in [-0.05, 0) is 105 Å². The lowest BCUT2D eigenvalue weighted by atomic mass is 9.84. The summed E-state index contributed by atoms with van der Waals surface area (Å²) in [7, 11) is 0. The second-order valence-corrected chi connectivity index (χ2v) is 13.3. The fourth-order valence-electron chi connectivity index (χ4n) is 8.53. The number of piperidine rings is 2. The maximum absolute atomic E-state index is 14.6. The summed E-state index contributed by atoms with van der Waals surface area (Å²) in [5.74, 6) is 0.955. The smallest absolute Gasteiger partial charge is 0.248 e. The molecule has 3 saturated heterocycles. The van der Waals surface area contributed by atoms with Crippen molar-refractivity contribution in [3.05, 3.63) is 101 Å². The SMILES string of the molecule is Cc1nc2ccccc2n1C1CC2CCC(C1)N2C(CC1CCN(C(=O)Cc2cccc(C(N)=O)c2)CC1)c1cccc(F)c1. The first-order chi connectivity index (χ1) is 21.8. The third kappa shape index (κ3) is 6.00. The fraction of sp³-hybridized carbons (Fsp3) is 0.432. The summed E-state index contributed by atoms with van der Waals surface area (Å²) in [5, 5.41) is 0. The molecule has 0 spiro atoms. The number of nitrogens with zero attached hydrogens (tertiary/aromatic N) is 4. The number of fused-ring (bicyclic) bond motifs is 3. The highest BCUT2D eigenvalue weighted by Gasteiger charge is 2.45. The molecule has 2 amide bonds. The van der Waals surface area contributed by atoms with Gasteiger partial charge in [0.2, 0.25) is 11.8 Å². The largest absolute Gasteiger partial charge is 0.366 e. The molecule has 0 saturated carbocycles. The quantitative estimate of drug-likeness (QED) is 0.253. The zero-order valence-corrected chi connectivity index (χ0v) is 25.9. The molecule has 0 radical (unpaired) electrons. The van der Waals surface area contributed by atoms with Crippen molar-refractivity contribution < 1.29 is 14.0 Å². The first-order valence-electron chi connectivity index (χ1n) is 16.5. The first kappa shape index (κ1) is 29.7. The van der Waals surface area contributed by atoms with E-state index in [0.717, 1.165) is 67.7 Å². The molecule has 3 fully saturated rings. The van der Waals surface area contributed by atoms with Gasteiger partial charge in [-0.3, -0.25) is 14.5 Å². The summed E-state index contributed by atoms with van der Waals surface area (Å²) < 4.78 is 17.1. The Labute approximate surface area is 264 Å². The molecule has 2 bridgehead atoms. The Morgan fingerprint density at radius 1 is 0.911 bits per heavy atom. The molecule has 0 aliphatic carbocycles. The maximum Gasteiger partial charge on any atom is 0.248 e. The van der Waals surface area contributed by atoms with Gasteiger partial charge in [0.25, 0.3) is 0 Å². The predicted octanol–water partition coefficient (Wildman–Crippen LogP) is 6.36. The van der Waals surface area contributed by atoms with Crippen LogP contribution in [0.4, 0.5) is 4.39 Å². The number of nitrogens with two attached hydrogens (primary N) is 1. The Bertz CT molecular complexity index is 1700. The molecule has 7 nitrogen and oxygen atoms in total. The number of primary amides is 1. The van der Waals surface area contributed by atoms with Crippen molar-refractivity contribution in [2.45, 2.75) is 82.5 Å². The van der Waals surface area contributed by atoms with Crippen LogP contribution in [-0.4, -0.2) is 56.3 Å². The zero-order valence-electron chi connectivity index (χ0n) is 25.9. The van der Waals surface area contributed by atoms with Crippen LogP contribution >= 0.6 is 0 Å². The molecule has 45 heavy (non-hydrogen) atoms. The van der Waals surface area contributed by atoms with Crippen molar-refractivity contribution in [1.29, 1.82) is 0 Å². The Balaban J connectivity index is 1.05. The summed E-state index contributed by atoms with van der Waals surface area (Å²) in [6, 6.07) is 24.2. The molecule has 3 aliphatic heterocycles. The van der Waals surface area contributed by atoms with Crippen molar-refractivity contribution in [2.24, 2.45) is 11.7 Å². The van der Waals surface area contributed by atoms with Gasteiger partial charge in [-0.15, -0.1) is 0 Å². The minimum atomic E-state index is -0.485. The molecule has 7 rings (SSSR count). The maximum atomic E-state index is 14.6. The molecule has 3 atom stereocenters. The Morgan fingerprint density at radius 3 is 2.38 bits per heavy atom. The number of benzene rings is 3. The highest BCUT2D eigenvalue weighted by atomic mass is 19.1. The minimum Gasteiger partial charge on any atom is -0.366 e. The molecule has 3 aliphatic rings. The molecule has 4 aromatic rings. The number of para-hydroxylation sites is 2. The molecule has 2 N–H and O–H groups in total. The van der Waals surface area contributed by atoms with Crippen LogP contribution in [-0.2, 0) is 11.2 Å². The number of halogens is 1. The van der Waals surface area contributed by atoms with E-state index in [2.05, 4.69) is 46.7 Å². The third-order valence-electron chi connectivity index (χ3n) is 10.6. The number of imidazole rings is 1. The van der Waals surface area contributed by atoms with Crippen molar-refractivity contribution in [1.82, 2.24) is 19.4 Å². The third-order valence-corrected chi connectivity index (χ3v) is 10.6. The fourth-order valence-corrected chi connectivity index (χ4v) is 8.53. The van der Waals surface area contributed by atoms with Gasteiger partial charge in [0, 0.05) is 42.8 Å². The van der Waals surface area contributed by atoms with E-state index >= 15 is 0 Å². The standard InChI is InChI=1S/C37H42FN5O2/c1-24-40-33-10-2-3-11-34(33)42(24)32-22-30-12-13-31(23-32)43(30)35(27-7-5-9-29(38)21-27)19-25-14-16-41(17-15-25)36(44)20-26-6-4-8-28(18-26)37(39)45/h2-11,18,21,25,30-32,35H,12-17,19-20,22-23H2,1H3,(H2,39,45). The van der Waals surface area contributed by atoms with Crippen LogP contribution in [0.25, 0.3) is 11.0 Å². The van der Waals surface area contributed by atoms with E-state index in [1.165, 1.54) is 24.4 Å². The molecule has 4 heterocycles. The molecular formula is C37H42FN5O2. The van der Waals surface area contributed by atoms with E-state index in [1.54, 1.807) is 24.3 Å². The summed E-state index contributed by atoms with van der Waals surface area (Å²) in [6.45, 7) is 3.56. The highest BCUT2D eigenvalue weighted by molar-refractivity contribution is 5.93. The van der Waals surface area contributed by atoms with Gasteiger partial charge >= 0.3 is 0 Å². The first-order valence-corrected chi connectivity index (χ1v) is 16.5. The molecule has 3 unspecified atom stereocenters. The number of likely N-dealkylation sites (tertiary alicyclic amines) is 1. The van der Waals surface area contributed by atoms with E-state index in [9.17, 15) is 14.0 Å². The monoisotopic (exact) mass is 607 g/mol.